The van der Waals surface area contributed by atoms with E-state index in [0.717, 1.165) is 11.1 Å². The first-order valence-corrected chi connectivity index (χ1v) is 8.02. The number of benzene rings is 2. The van der Waals surface area contributed by atoms with E-state index < -0.39 is 11.6 Å². The van der Waals surface area contributed by atoms with Crippen molar-refractivity contribution in [2.45, 2.75) is 18.8 Å². The average Bonchev–Trinajstić information content (AvgIpc) is 2.65. The van der Waals surface area contributed by atoms with Crippen molar-refractivity contribution in [1.29, 1.82) is 0 Å². The van der Waals surface area contributed by atoms with Gasteiger partial charge in [-0.3, -0.25) is 14.4 Å². The fourth-order valence-corrected chi connectivity index (χ4v) is 2.63. The normalized spacial score (nSPS) is 19.4. The second-order valence-electron chi connectivity index (χ2n) is 5.84. The van der Waals surface area contributed by atoms with Crippen LogP contribution >= 0.6 is 0 Å². The Morgan fingerprint density at radius 1 is 1.08 bits per heavy atom. The van der Waals surface area contributed by atoms with Crippen molar-refractivity contribution in [2.75, 3.05) is 13.7 Å². The van der Waals surface area contributed by atoms with Crippen molar-refractivity contribution in [3.8, 4) is 0 Å². The molecule has 1 N–H and O–H groups in total. The van der Waals surface area contributed by atoms with E-state index >= 15 is 0 Å². The predicted octanol–water partition coefficient (Wildman–Crippen LogP) is 1.66. The zero-order valence-electron chi connectivity index (χ0n) is 14.0. The molecule has 1 saturated heterocycles. The molecular formula is C19H20N2O4. The van der Waals surface area contributed by atoms with Gasteiger partial charge in [0.05, 0.1) is 6.42 Å². The number of hydrogen-bond acceptors (Lipinski definition) is 4. The van der Waals surface area contributed by atoms with E-state index in [-0.39, 0.29) is 25.5 Å². The van der Waals surface area contributed by atoms with Gasteiger partial charge in [0.2, 0.25) is 11.6 Å². The van der Waals surface area contributed by atoms with Gasteiger partial charge in [0.25, 0.3) is 0 Å². The Morgan fingerprint density at radius 2 is 1.68 bits per heavy atom. The Labute approximate surface area is 146 Å². The number of carbonyl (C=O) groups is 2. The van der Waals surface area contributed by atoms with Gasteiger partial charge in [-0.1, -0.05) is 60.7 Å². The third-order valence-electron chi connectivity index (χ3n) is 4.07. The summed E-state index contributed by atoms with van der Waals surface area (Å²) in [4.78, 5) is 30.1. The zero-order valence-corrected chi connectivity index (χ0v) is 14.0. The second-order valence-corrected chi connectivity index (χ2v) is 5.84. The molecule has 2 amide bonds. The minimum Gasteiger partial charge on any atom is -0.349 e. The highest BCUT2D eigenvalue weighted by Crippen LogP contribution is 2.25. The van der Waals surface area contributed by atoms with Gasteiger partial charge in [0.15, 0.2) is 0 Å². The molecule has 6 heteroatoms. The number of hydroxylamine groups is 2. The number of carbonyl (C=O) groups excluding carboxylic acids is 2. The minimum absolute atomic E-state index is 0.149. The molecule has 6 nitrogen and oxygen atoms in total. The van der Waals surface area contributed by atoms with Gasteiger partial charge in [0.1, 0.15) is 13.2 Å². The van der Waals surface area contributed by atoms with Gasteiger partial charge in [-0.15, -0.1) is 0 Å². The molecule has 1 fully saturated rings. The van der Waals surface area contributed by atoms with Crippen molar-refractivity contribution in [3.63, 3.8) is 0 Å². The number of β-lactam (4-membered cyclic amide) rings is 1. The summed E-state index contributed by atoms with van der Waals surface area (Å²) < 4.78 is 5.27. The molecule has 3 rings (SSSR count). The zero-order chi connectivity index (χ0) is 17.7. The van der Waals surface area contributed by atoms with Crippen LogP contribution in [0.1, 0.15) is 11.1 Å². The fraction of sp³-hybridized carbons (Fsp3) is 0.263. The molecule has 2 aromatic rings. The number of hydrogen-bond donors (Lipinski definition) is 1. The molecule has 25 heavy (non-hydrogen) atoms. The Bertz CT molecular complexity index is 736. The van der Waals surface area contributed by atoms with E-state index in [1.165, 1.54) is 12.2 Å². The first-order valence-electron chi connectivity index (χ1n) is 8.02. The van der Waals surface area contributed by atoms with Crippen molar-refractivity contribution in [1.82, 2.24) is 10.4 Å². The van der Waals surface area contributed by atoms with E-state index in [2.05, 4.69) is 5.32 Å². The smallest absolute Gasteiger partial charge is 0.301 e. The van der Waals surface area contributed by atoms with Crippen molar-refractivity contribution >= 4 is 11.8 Å². The SMILES string of the molecule is COC1(NC(=O)Cc2ccccc2)CN(OCc2ccccc2)C1=O. The molecule has 1 unspecified atom stereocenters. The van der Waals surface area contributed by atoms with Crippen LogP contribution in [0, 0.1) is 0 Å². The molecule has 0 spiro atoms. The summed E-state index contributed by atoms with van der Waals surface area (Å²) in [6.07, 6.45) is 0.185. The number of rotatable bonds is 7. The Kier molecular flexibility index (Phi) is 5.11. The second kappa shape index (κ2) is 7.46. The highest BCUT2D eigenvalue weighted by atomic mass is 16.7. The number of methoxy groups -OCH3 is 1. The Hall–Kier alpha value is -2.70. The van der Waals surface area contributed by atoms with E-state index in [9.17, 15) is 9.59 Å². The van der Waals surface area contributed by atoms with Crippen LogP contribution in [0.4, 0.5) is 0 Å². The van der Waals surface area contributed by atoms with Crippen LogP contribution in [0.3, 0.4) is 0 Å². The lowest BCUT2D eigenvalue weighted by molar-refractivity contribution is -0.267. The Morgan fingerprint density at radius 3 is 2.24 bits per heavy atom. The summed E-state index contributed by atoms with van der Waals surface area (Å²) in [5.74, 6) is -0.684. The molecule has 1 heterocycles. The maximum Gasteiger partial charge on any atom is 0.301 e. The van der Waals surface area contributed by atoms with E-state index in [0.29, 0.717) is 0 Å². The molecule has 1 aliphatic heterocycles. The van der Waals surface area contributed by atoms with Crippen molar-refractivity contribution < 1.29 is 19.2 Å². The van der Waals surface area contributed by atoms with Gasteiger partial charge < -0.3 is 10.1 Å². The number of nitrogens with zero attached hydrogens (tertiary/aromatic N) is 1. The first kappa shape index (κ1) is 17.1. The number of nitrogens with one attached hydrogen (secondary N) is 1. The Balaban J connectivity index is 1.54. The molecule has 0 radical (unpaired) electrons. The van der Waals surface area contributed by atoms with Crippen LogP contribution < -0.4 is 5.32 Å². The highest BCUT2D eigenvalue weighted by molar-refractivity contribution is 5.94. The number of amides is 2. The number of ether oxygens (including phenoxy) is 1. The quantitative estimate of drug-likeness (QED) is 0.615. The van der Waals surface area contributed by atoms with Crippen molar-refractivity contribution in [3.05, 3.63) is 71.8 Å². The third-order valence-corrected chi connectivity index (χ3v) is 4.07. The predicted molar refractivity (Wildman–Crippen MR) is 91.0 cm³/mol. The van der Waals surface area contributed by atoms with Gasteiger partial charge in [-0.25, -0.2) is 5.06 Å². The molecule has 0 aliphatic carbocycles. The van der Waals surface area contributed by atoms with Crippen LogP contribution in [-0.2, 0) is 32.2 Å². The van der Waals surface area contributed by atoms with Crippen LogP contribution in [0.15, 0.2) is 60.7 Å². The molecule has 1 aliphatic rings. The lowest BCUT2D eigenvalue weighted by Gasteiger charge is -2.45. The summed E-state index contributed by atoms with van der Waals surface area (Å²) in [6.45, 7) is 0.431. The van der Waals surface area contributed by atoms with Crippen LogP contribution in [-0.4, -0.2) is 36.3 Å². The van der Waals surface area contributed by atoms with Crippen LogP contribution in [0.25, 0.3) is 0 Å². The van der Waals surface area contributed by atoms with Gasteiger partial charge in [0, 0.05) is 7.11 Å². The molecule has 0 bridgehead atoms. The lowest BCUT2D eigenvalue weighted by atomic mass is 10.0. The van der Waals surface area contributed by atoms with Gasteiger partial charge >= 0.3 is 5.91 Å². The largest absolute Gasteiger partial charge is 0.349 e. The lowest BCUT2D eigenvalue weighted by Crippen LogP contribution is -2.75. The average molecular weight is 340 g/mol. The van der Waals surface area contributed by atoms with Gasteiger partial charge in [-0.05, 0) is 11.1 Å². The summed E-state index contributed by atoms with van der Waals surface area (Å²) in [5, 5.41) is 3.88. The third kappa shape index (κ3) is 3.87. The highest BCUT2D eigenvalue weighted by Gasteiger charge is 2.55. The molecule has 2 aromatic carbocycles. The maximum absolute atomic E-state index is 12.4. The minimum atomic E-state index is -1.34. The summed E-state index contributed by atoms with van der Waals surface area (Å²) in [6, 6.07) is 18.9. The first-order chi connectivity index (χ1) is 12.1. The molecule has 0 saturated carbocycles. The molecular weight excluding hydrogens is 320 g/mol. The van der Waals surface area contributed by atoms with Crippen molar-refractivity contribution in [2.24, 2.45) is 0 Å². The molecule has 1 atom stereocenters. The van der Waals surface area contributed by atoms with Crippen LogP contribution in [0.5, 0.6) is 0 Å². The van der Waals surface area contributed by atoms with Crippen LogP contribution in [0.2, 0.25) is 0 Å². The standard InChI is InChI=1S/C19H20N2O4/c1-24-19(20-17(22)12-15-8-4-2-5-9-15)14-21(18(19)23)25-13-16-10-6-3-7-11-16/h2-11H,12-14H2,1H3,(H,20,22). The topological polar surface area (TPSA) is 67.9 Å². The maximum atomic E-state index is 12.4. The summed E-state index contributed by atoms with van der Waals surface area (Å²) in [7, 11) is 1.40. The summed E-state index contributed by atoms with van der Waals surface area (Å²) >= 11 is 0. The molecule has 0 aromatic heterocycles. The summed E-state index contributed by atoms with van der Waals surface area (Å²) in [5.41, 5.74) is 0.483. The van der Waals surface area contributed by atoms with E-state index in [1.54, 1.807) is 0 Å². The van der Waals surface area contributed by atoms with E-state index in [1.807, 2.05) is 60.7 Å². The van der Waals surface area contributed by atoms with E-state index in [4.69, 9.17) is 9.57 Å². The monoisotopic (exact) mass is 340 g/mol. The fourth-order valence-electron chi connectivity index (χ4n) is 2.63. The molecule has 130 valence electrons. The van der Waals surface area contributed by atoms with Gasteiger partial charge in [-0.2, -0.15) is 0 Å².